The minimum Gasteiger partial charge on any atom is -0.334 e. The van der Waals surface area contributed by atoms with Crippen molar-refractivity contribution in [2.45, 2.75) is 32.7 Å². The van der Waals surface area contributed by atoms with Gasteiger partial charge in [0, 0.05) is 12.6 Å². The zero-order chi connectivity index (χ0) is 13.4. The summed E-state index contributed by atoms with van der Waals surface area (Å²) < 4.78 is 0. The van der Waals surface area contributed by atoms with Gasteiger partial charge in [0.05, 0.1) is 0 Å². The minimum absolute atomic E-state index is 0.197. The number of carbonyl (C=O) groups excluding carboxylic acids is 1. The van der Waals surface area contributed by atoms with E-state index in [1.807, 2.05) is 13.8 Å². The van der Waals surface area contributed by atoms with Crippen molar-refractivity contribution in [1.29, 1.82) is 0 Å². The van der Waals surface area contributed by atoms with Crippen LogP contribution in [0.4, 0.5) is 9.93 Å². The van der Waals surface area contributed by atoms with Crippen molar-refractivity contribution in [3.63, 3.8) is 0 Å². The molecule has 0 saturated carbocycles. The summed E-state index contributed by atoms with van der Waals surface area (Å²) in [5.41, 5.74) is 1.59. The van der Waals surface area contributed by atoms with Crippen LogP contribution in [0.5, 0.6) is 0 Å². The summed E-state index contributed by atoms with van der Waals surface area (Å²) in [7, 11) is 2.07. The van der Waals surface area contributed by atoms with Crippen LogP contribution in [0, 0.1) is 0 Å². The molecule has 2 amide bonds. The molecule has 1 aromatic rings. The van der Waals surface area contributed by atoms with Crippen LogP contribution < -0.4 is 10.6 Å². The van der Waals surface area contributed by atoms with Crippen molar-refractivity contribution in [3.05, 3.63) is 5.51 Å². The molecule has 0 bridgehead atoms. The molecule has 0 aliphatic carbocycles. The zero-order valence-corrected chi connectivity index (χ0v) is 12.0. The number of nitrogens with one attached hydrogen (secondary N) is 2. The first-order valence-electron chi connectivity index (χ1n) is 6.26. The van der Waals surface area contributed by atoms with Gasteiger partial charge >= 0.3 is 6.03 Å². The Labute approximate surface area is 112 Å². The minimum atomic E-state index is -0.197. The molecule has 1 fully saturated rings. The molecule has 18 heavy (non-hydrogen) atoms. The largest absolute Gasteiger partial charge is 0.334 e. The van der Waals surface area contributed by atoms with Crippen LogP contribution >= 0.6 is 11.3 Å². The predicted molar refractivity (Wildman–Crippen MR) is 73.9 cm³/mol. The number of hydrogen-bond donors (Lipinski definition) is 2. The normalized spacial score (nSPS) is 19.6. The number of likely N-dealkylation sites (tertiary alicyclic amines) is 1. The molecule has 0 radical (unpaired) electrons. The smallest absolute Gasteiger partial charge is 0.321 e. The Morgan fingerprint density at radius 1 is 1.56 bits per heavy atom. The SMILES string of the molecule is CC.CN1CCC[C@@H](NC(=O)Nc2nncs2)C1. The van der Waals surface area contributed by atoms with Gasteiger partial charge in [-0.25, -0.2) is 4.79 Å². The van der Waals surface area contributed by atoms with Crippen LogP contribution in [0.2, 0.25) is 0 Å². The number of rotatable bonds is 2. The van der Waals surface area contributed by atoms with E-state index in [1.54, 1.807) is 5.51 Å². The molecule has 102 valence electrons. The van der Waals surface area contributed by atoms with Gasteiger partial charge in [0.25, 0.3) is 0 Å². The Kier molecular flexibility index (Phi) is 6.59. The fraction of sp³-hybridized carbons (Fsp3) is 0.727. The highest BCUT2D eigenvalue weighted by Gasteiger charge is 2.19. The lowest BCUT2D eigenvalue weighted by molar-refractivity contribution is 0.216. The summed E-state index contributed by atoms with van der Waals surface area (Å²) in [6.45, 7) is 6.01. The van der Waals surface area contributed by atoms with Crippen LogP contribution in [0.3, 0.4) is 0 Å². The van der Waals surface area contributed by atoms with Crippen LogP contribution in [0.1, 0.15) is 26.7 Å². The number of hydrogen-bond acceptors (Lipinski definition) is 5. The van der Waals surface area contributed by atoms with Crippen molar-refractivity contribution >= 4 is 22.5 Å². The molecule has 1 atom stereocenters. The van der Waals surface area contributed by atoms with E-state index in [0.717, 1.165) is 25.9 Å². The fourth-order valence-corrected chi connectivity index (χ4v) is 2.27. The molecule has 0 aromatic carbocycles. The van der Waals surface area contributed by atoms with Crippen molar-refractivity contribution in [1.82, 2.24) is 20.4 Å². The molecule has 6 nitrogen and oxygen atoms in total. The highest BCUT2D eigenvalue weighted by atomic mass is 32.1. The molecular formula is C11H21N5OS. The first-order chi connectivity index (χ1) is 8.74. The van der Waals surface area contributed by atoms with Crippen molar-refractivity contribution in [2.75, 3.05) is 25.5 Å². The van der Waals surface area contributed by atoms with E-state index < -0.39 is 0 Å². The van der Waals surface area contributed by atoms with Gasteiger partial charge in [0.15, 0.2) is 0 Å². The third kappa shape index (κ3) is 4.97. The quantitative estimate of drug-likeness (QED) is 0.860. The van der Waals surface area contributed by atoms with Crippen molar-refractivity contribution in [3.8, 4) is 0 Å². The predicted octanol–water partition coefficient (Wildman–Crippen LogP) is 1.78. The molecule has 2 rings (SSSR count). The average Bonchev–Trinajstić information content (AvgIpc) is 2.84. The molecule has 2 N–H and O–H groups in total. The molecule has 0 unspecified atom stereocenters. The monoisotopic (exact) mass is 271 g/mol. The topological polar surface area (TPSA) is 70.2 Å². The number of carbonyl (C=O) groups is 1. The van der Waals surface area contributed by atoms with Crippen molar-refractivity contribution < 1.29 is 4.79 Å². The second-order valence-electron chi connectivity index (χ2n) is 3.94. The number of amides is 2. The number of aromatic nitrogens is 2. The number of nitrogens with zero attached hydrogens (tertiary/aromatic N) is 3. The summed E-state index contributed by atoms with van der Waals surface area (Å²) in [5, 5.41) is 13.5. The first kappa shape index (κ1) is 14.8. The molecule has 7 heteroatoms. The Morgan fingerprint density at radius 3 is 2.94 bits per heavy atom. The van der Waals surface area contributed by atoms with Gasteiger partial charge < -0.3 is 10.2 Å². The van der Waals surface area contributed by atoms with Crippen LogP contribution in [0.15, 0.2) is 5.51 Å². The van der Waals surface area contributed by atoms with E-state index in [9.17, 15) is 4.79 Å². The number of urea groups is 1. The lowest BCUT2D eigenvalue weighted by atomic mass is 10.1. The number of piperidine rings is 1. The number of anilines is 1. The van der Waals surface area contributed by atoms with Gasteiger partial charge in [0.1, 0.15) is 5.51 Å². The molecule has 1 aliphatic rings. The number of likely N-dealkylation sites (N-methyl/N-ethyl adjacent to an activating group) is 1. The standard InChI is InChI=1S/C9H15N5OS.C2H6/c1-14-4-2-3-7(5-14)11-8(15)12-9-13-10-6-16-9;1-2/h6-7H,2-5H2,1H3,(H2,11,12,13,15);1-2H3/t7-;/m1./s1. The van der Waals surface area contributed by atoms with Gasteiger partial charge in [-0.15, -0.1) is 10.2 Å². The first-order valence-corrected chi connectivity index (χ1v) is 7.14. The second-order valence-corrected chi connectivity index (χ2v) is 4.78. The summed E-state index contributed by atoms with van der Waals surface area (Å²) in [6.07, 6.45) is 2.16. The van der Waals surface area contributed by atoms with Gasteiger partial charge in [0.2, 0.25) is 5.13 Å². The van der Waals surface area contributed by atoms with E-state index >= 15 is 0 Å². The van der Waals surface area contributed by atoms with Gasteiger partial charge in [-0.3, -0.25) is 5.32 Å². The molecule has 0 spiro atoms. The van der Waals surface area contributed by atoms with E-state index in [0.29, 0.717) is 5.13 Å². The van der Waals surface area contributed by atoms with E-state index in [2.05, 4.69) is 32.8 Å². The molecule has 2 heterocycles. The lowest BCUT2D eigenvalue weighted by Crippen LogP contribution is -2.47. The Hall–Kier alpha value is -1.21. The Morgan fingerprint density at radius 2 is 2.33 bits per heavy atom. The molecule has 1 saturated heterocycles. The molecule has 1 aliphatic heterocycles. The second kappa shape index (κ2) is 7.99. The van der Waals surface area contributed by atoms with Crippen LogP contribution in [-0.4, -0.2) is 47.3 Å². The maximum absolute atomic E-state index is 11.6. The summed E-state index contributed by atoms with van der Waals surface area (Å²) in [5.74, 6) is 0. The Bertz CT molecular complexity index is 343. The highest BCUT2D eigenvalue weighted by molar-refractivity contribution is 7.13. The Balaban J connectivity index is 0.000000771. The van der Waals surface area contributed by atoms with Gasteiger partial charge in [-0.1, -0.05) is 25.2 Å². The van der Waals surface area contributed by atoms with Crippen LogP contribution in [0.25, 0.3) is 0 Å². The highest BCUT2D eigenvalue weighted by Crippen LogP contribution is 2.10. The fourth-order valence-electron chi connectivity index (χ4n) is 1.83. The third-order valence-corrected chi connectivity index (χ3v) is 3.15. The molecular weight excluding hydrogens is 250 g/mol. The maximum Gasteiger partial charge on any atom is 0.321 e. The summed E-state index contributed by atoms with van der Waals surface area (Å²) in [6, 6.07) is 0.0312. The summed E-state index contributed by atoms with van der Waals surface area (Å²) in [4.78, 5) is 13.8. The summed E-state index contributed by atoms with van der Waals surface area (Å²) >= 11 is 1.31. The van der Waals surface area contributed by atoms with Gasteiger partial charge in [-0.2, -0.15) is 0 Å². The van der Waals surface area contributed by atoms with Gasteiger partial charge in [-0.05, 0) is 26.4 Å². The maximum atomic E-state index is 11.6. The van der Waals surface area contributed by atoms with E-state index in [-0.39, 0.29) is 12.1 Å². The molecule has 1 aromatic heterocycles. The van der Waals surface area contributed by atoms with E-state index in [4.69, 9.17) is 0 Å². The van der Waals surface area contributed by atoms with Crippen molar-refractivity contribution in [2.24, 2.45) is 0 Å². The third-order valence-electron chi connectivity index (χ3n) is 2.54. The lowest BCUT2D eigenvalue weighted by Gasteiger charge is -2.29. The zero-order valence-electron chi connectivity index (χ0n) is 11.1. The average molecular weight is 271 g/mol. The van der Waals surface area contributed by atoms with E-state index in [1.165, 1.54) is 11.3 Å². The van der Waals surface area contributed by atoms with Crippen LogP contribution in [-0.2, 0) is 0 Å².